The molecule has 11 heteroatoms. The number of cyclic esters (lactones) is 2. The van der Waals surface area contributed by atoms with Gasteiger partial charge in [-0.1, -0.05) is 52.3 Å². The number of hydrogen-bond donors (Lipinski definition) is 4. The predicted octanol–water partition coefficient (Wildman–Crippen LogP) is 4.61. The van der Waals surface area contributed by atoms with E-state index in [0.717, 1.165) is 43.8 Å². The molecule has 260 valence electrons. The number of aliphatic hydroxyl groups excluding tert-OH is 3. The Morgan fingerprint density at radius 1 is 0.870 bits per heavy atom. The molecule has 0 radical (unpaired) electrons. The van der Waals surface area contributed by atoms with Crippen molar-refractivity contribution in [3.05, 3.63) is 34.9 Å². The number of ether oxygens (including phenoxy) is 2. The smallest absolute Gasteiger partial charge is 0.345 e. The van der Waals surface area contributed by atoms with Crippen LogP contribution in [0, 0.1) is 23.7 Å². The fraction of sp³-hybridized carbons (Fsp3) is 0.686. The molecule has 0 fully saturated rings. The largest absolute Gasteiger partial charge is 0.478 e. The zero-order valence-electron chi connectivity index (χ0n) is 28.4. The maximum atomic E-state index is 13.0. The average molecular weight is 651 g/mol. The van der Waals surface area contributed by atoms with Gasteiger partial charge in [-0.25, -0.2) is 14.4 Å². The number of aliphatic carboxylic acids is 1. The molecule has 4 N–H and O–H groups in total. The summed E-state index contributed by atoms with van der Waals surface area (Å²) in [4.78, 5) is 59.5. The number of carbonyl (C=O) groups is 5. The Labute approximate surface area is 272 Å². The summed E-state index contributed by atoms with van der Waals surface area (Å²) in [5.74, 6) is -4.49. The van der Waals surface area contributed by atoms with Crippen molar-refractivity contribution in [2.24, 2.45) is 23.7 Å². The van der Waals surface area contributed by atoms with E-state index in [9.17, 15) is 39.3 Å². The van der Waals surface area contributed by atoms with Crippen LogP contribution >= 0.6 is 0 Å². The summed E-state index contributed by atoms with van der Waals surface area (Å²) < 4.78 is 9.84. The number of allylic oxidation sites excluding steroid dienone is 3. The molecule has 46 heavy (non-hydrogen) atoms. The van der Waals surface area contributed by atoms with Crippen LogP contribution in [-0.4, -0.2) is 74.5 Å². The van der Waals surface area contributed by atoms with Crippen molar-refractivity contribution >= 4 is 29.7 Å². The Hall–Kier alpha value is -3.15. The first-order chi connectivity index (χ1) is 21.5. The van der Waals surface area contributed by atoms with Crippen LogP contribution in [0.15, 0.2) is 34.9 Å². The molecule has 0 saturated carbocycles. The van der Waals surface area contributed by atoms with Crippen molar-refractivity contribution in [1.29, 1.82) is 0 Å². The summed E-state index contributed by atoms with van der Waals surface area (Å²) in [7, 11) is 0. The van der Waals surface area contributed by atoms with E-state index in [1.54, 1.807) is 26.8 Å². The highest BCUT2D eigenvalue weighted by molar-refractivity contribution is 6.12. The summed E-state index contributed by atoms with van der Waals surface area (Å²) in [6.45, 7) is 12.6. The fourth-order valence-electron chi connectivity index (χ4n) is 5.83. The molecule has 1 aliphatic rings. The molecular formula is C35H54O11. The Bertz CT molecular complexity index is 1150. The van der Waals surface area contributed by atoms with E-state index in [2.05, 4.69) is 24.7 Å². The Morgan fingerprint density at radius 2 is 1.50 bits per heavy atom. The highest BCUT2D eigenvalue weighted by Gasteiger charge is 2.37. The second-order valence-electron chi connectivity index (χ2n) is 12.7. The van der Waals surface area contributed by atoms with Gasteiger partial charge in [-0.3, -0.25) is 9.59 Å². The first kappa shape index (κ1) is 40.9. The summed E-state index contributed by atoms with van der Waals surface area (Å²) in [5.41, 5.74) is 0.636. The molecule has 0 saturated heterocycles. The Balaban J connectivity index is 2.54. The predicted molar refractivity (Wildman–Crippen MR) is 171 cm³/mol. The van der Waals surface area contributed by atoms with Crippen LogP contribution in [0.5, 0.6) is 0 Å². The summed E-state index contributed by atoms with van der Waals surface area (Å²) in [5, 5.41) is 40.7. The molecule has 0 aromatic rings. The molecule has 0 aromatic heterocycles. The molecule has 11 nitrogen and oxygen atoms in total. The fourth-order valence-corrected chi connectivity index (χ4v) is 5.83. The zero-order valence-corrected chi connectivity index (χ0v) is 28.4. The number of carboxylic acids is 1. The van der Waals surface area contributed by atoms with Gasteiger partial charge in [0.2, 0.25) is 0 Å². The molecule has 0 aliphatic carbocycles. The van der Waals surface area contributed by atoms with Gasteiger partial charge in [0.15, 0.2) is 0 Å². The van der Waals surface area contributed by atoms with E-state index in [1.807, 2.05) is 6.92 Å². The second kappa shape index (κ2) is 20.2. The van der Waals surface area contributed by atoms with Crippen molar-refractivity contribution in [3.8, 4) is 0 Å². The van der Waals surface area contributed by atoms with Crippen molar-refractivity contribution in [1.82, 2.24) is 0 Å². The summed E-state index contributed by atoms with van der Waals surface area (Å²) in [6.07, 6.45) is 4.77. The quantitative estimate of drug-likeness (QED) is 0.0555. The van der Waals surface area contributed by atoms with E-state index >= 15 is 0 Å². The summed E-state index contributed by atoms with van der Waals surface area (Å²) in [6, 6.07) is 0. The van der Waals surface area contributed by atoms with E-state index in [-0.39, 0.29) is 23.4 Å². The minimum atomic E-state index is -1.58. The maximum absolute atomic E-state index is 13.0. The van der Waals surface area contributed by atoms with Gasteiger partial charge in [-0.15, -0.1) is 0 Å². The monoisotopic (exact) mass is 650 g/mol. The van der Waals surface area contributed by atoms with Crippen molar-refractivity contribution < 1.29 is 53.9 Å². The van der Waals surface area contributed by atoms with Gasteiger partial charge in [-0.2, -0.15) is 0 Å². The number of ketones is 1. The zero-order chi connectivity index (χ0) is 35.1. The molecule has 1 rings (SSSR count). The molecule has 0 amide bonds. The van der Waals surface area contributed by atoms with E-state index in [1.165, 1.54) is 6.92 Å². The number of Topliss-reactive ketones (excluding diaryl/α,β-unsaturated/α-hetero) is 1. The third kappa shape index (κ3) is 13.7. The number of hydrogen-bond acceptors (Lipinski definition) is 10. The number of carbonyl (C=O) groups excluding carboxylic acids is 4. The van der Waals surface area contributed by atoms with Gasteiger partial charge in [0.25, 0.3) is 0 Å². The lowest BCUT2D eigenvalue weighted by Gasteiger charge is -2.28. The highest BCUT2D eigenvalue weighted by atomic mass is 16.6. The van der Waals surface area contributed by atoms with Crippen molar-refractivity contribution in [3.63, 3.8) is 0 Å². The maximum Gasteiger partial charge on any atom is 0.345 e. The molecule has 1 aliphatic heterocycles. The topological polar surface area (TPSA) is 185 Å². The standard InChI is InChI=1S/C35H54O11/c1-8-25(14-16-31(40)41)12-10-11-20(3)17-21(4)13-15-27(36)22(5)28(37)18-29(38)26(9-2)24(7)45-32(42)19-30(39)33-23(6)34(43)46-35(33)44/h12,14,16,20-22,24,26-27,29-30,36,38-39H,8-11,13,15,17-19H2,1-7H3,(H,40,41)/b16-14+,25-12+/t20-,21-,22-,24+,26+,27-,29+,30+/m0/s1. The van der Waals surface area contributed by atoms with Crippen LogP contribution in [0.3, 0.4) is 0 Å². The lowest BCUT2D eigenvalue weighted by molar-refractivity contribution is -0.155. The van der Waals surface area contributed by atoms with Crippen LogP contribution in [0.25, 0.3) is 0 Å². The van der Waals surface area contributed by atoms with Gasteiger partial charge < -0.3 is 29.9 Å². The third-order valence-corrected chi connectivity index (χ3v) is 8.86. The van der Waals surface area contributed by atoms with Crippen molar-refractivity contribution in [2.75, 3.05) is 0 Å². The van der Waals surface area contributed by atoms with Gasteiger partial charge in [0.1, 0.15) is 11.9 Å². The van der Waals surface area contributed by atoms with Gasteiger partial charge >= 0.3 is 23.9 Å². The Morgan fingerprint density at radius 3 is 2.04 bits per heavy atom. The normalized spacial score (nSPS) is 19.3. The van der Waals surface area contributed by atoms with Crippen LogP contribution in [0.4, 0.5) is 0 Å². The lowest BCUT2D eigenvalue weighted by atomic mass is 9.84. The van der Waals surface area contributed by atoms with Crippen molar-refractivity contribution in [2.45, 2.75) is 131 Å². The lowest BCUT2D eigenvalue weighted by Crippen LogP contribution is -2.37. The third-order valence-electron chi connectivity index (χ3n) is 8.86. The molecular weight excluding hydrogens is 596 g/mol. The van der Waals surface area contributed by atoms with Gasteiger partial charge in [-0.05, 0) is 70.6 Å². The number of rotatable bonds is 22. The van der Waals surface area contributed by atoms with Crippen LogP contribution < -0.4 is 0 Å². The van der Waals surface area contributed by atoms with Gasteiger partial charge in [0.05, 0.1) is 30.3 Å². The molecule has 1 heterocycles. The van der Waals surface area contributed by atoms with Crippen LogP contribution in [0.1, 0.15) is 106 Å². The molecule has 0 aromatic carbocycles. The molecule has 0 unspecified atom stereocenters. The average Bonchev–Trinajstić information content (AvgIpc) is 3.23. The number of aliphatic hydroxyl groups is 3. The van der Waals surface area contributed by atoms with Crippen LogP contribution in [-0.2, 0) is 33.4 Å². The minimum absolute atomic E-state index is 0.0708. The number of carboxylic acid groups (broad SMARTS) is 1. The Kier molecular flexibility index (Phi) is 17.9. The van der Waals surface area contributed by atoms with Crippen LogP contribution in [0.2, 0.25) is 0 Å². The first-order valence-electron chi connectivity index (χ1n) is 16.4. The van der Waals surface area contributed by atoms with E-state index in [0.29, 0.717) is 24.7 Å². The highest BCUT2D eigenvalue weighted by Crippen LogP contribution is 2.27. The first-order valence-corrected chi connectivity index (χ1v) is 16.4. The SMILES string of the molecule is CCC(/C=C/C(=O)O)=C\CC[C@H](C)C[C@@H](C)CC[C@H](O)[C@H](C)C(=O)C[C@@H](O)[C@H](CC)[C@@H](C)OC(=O)C[C@@H](O)C1=C(C)C(=O)OC1=O. The minimum Gasteiger partial charge on any atom is -0.478 e. The molecule has 8 atom stereocenters. The van der Waals surface area contributed by atoms with Gasteiger partial charge in [0, 0.05) is 29.9 Å². The second-order valence-corrected chi connectivity index (χ2v) is 12.7. The van der Waals surface area contributed by atoms with E-state index in [4.69, 9.17) is 9.84 Å². The summed E-state index contributed by atoms with van der Waals surface area (Å²) >= 11 is 0. The number of esters is 3. The van der Waals surface area contributed by atoms with E-state index < -0.39 is 66.5 Å². The molecule has 0 spiro atoms. The molecule has 0 bridgehead atoms.